The van der Waals surface area contributed by atoms with Gasteiger partial charge in [-0.1, -0.05) is 6.07 Å². The molecule has 1 aromatic heterocycles. The van der Waals surface area contributed by atoms with Crippen molar-refractivity contribution in [2.24, 2.45) is 5.73 Å². The second kappa shape index (κ2) is 5.49. The van der Waals surface area contributed by atoms with Gasteiger partial charge in [-0.3, -0.25) is 4.79 Å². The molecule has 0 aliphatic heterocycles. The number of carboxylic acid groups (broad SMARTS) is 1. The molecule has 0 saturated carbocycles. The van der Waals surface area contributed by atoms with Crippen LogP contribution in [0, 0.1) is 0 Å². The first-order valence-electron chi connectivity index (χ1n) is 5.63. The Bertz CT molecular complexity index is 620. The third kappa shape index (κ3) is 2.89. The monoisotopic (exact) mass is 263 g/mol. The largest absolute Gasteiger partial charge is 0.478 e. The number of para-hydroxylation sites is 1. The van der Waals surface area contributed by atoms with E-state index in [1.165, 1.54) is 6.07 Å². The number of aromatic carboxylic acids is 1. The number of amides is 1. The number of nitrogens with zero attached hydrogens (tertiary/aromatic N) is 2. The Balaban J connectivity index is 2.19. The number of rotatable bonds is 6. The highest BCUT2D eigenvalue weighted by molar-refractivity contribution is 6.01. The van der Waals surface area contributed by atoms with Gasteiger partial charge in [0.1, 0.15) is 6.61 Å². The predicted molar refractivity (Wildman–Crippen MR) is 66.7 cm³/mol. The average molecular weight is 263 g/mol. The Labute approximate surface area is 108 Å². The number of hydrogen-bond donors (Lipinski definition) is 2. The van der Waals surface area contributed by atoms with E-state index in [1.54, 1.807) is 23.0 Å². The number of aromatic nitrogens is 2. The van der Waals surface area contributed by atoms with Crippen LogP contribution in [0.4, 0.5) is 0 Å². The number of nitrogens with two attached hydrogens (primary N) is 1. The Hall–Kier alpha value is -2.41. The number of carbonyl (C=O) groups is 2. The molecule has 0 radical (unpaired) electrons. The van der Waals surface area contributed by atoms with Crippen LogP contribution in [0.25, 0.3) is 11.0 Å². The maximum atomic E-state index is 11.2. The minimum Gasteiger partial charge on any atom is -0.478 e. The van der Waals surface area contributed by atoms with Gasteiger partial charge in [0.2, 0.25) is 5.91 Å². The molecule has 0 bridgehead atoms. The molecule has 0 aliphatic rings. The molecular weight excluding hydrogens is 250 g/mol. The first-order valence-corrected chi connectivity index (χ1v) is 5.63. The lowest BCUT2D eigenvalue weighted by atomic mass is 10.2. The van der Waals surface area contributed by atoms with E-state index in [4.69, 9.17) is 15.6 Å². The van der Waals surface area contributed by atoms with Crippen LogP contribution in [-0.2, 0) is 16.1 Å². The molecule has 2 aromatic rings. The van der Waals surface area contributed by atoms with Crippen LogP contribution in [0.15, 0.2) is 24.5 Å². The van der Waals surface area contributed by atoms with E-state index < -0.39 is 11.9 Å². The van der Waals surface area contributed by atoms with Crippen molar-refractivity contribution in [1.82, 2.24) is 9.55 Å². The van der Waals surface area contributed by atoms with Gasteiger partial charge < -0.3 is 20.1 Å². The number of ether oxygens (including phenoxy) is 1. The zero-order chi connectivity index (χ0) is 13.8. The maximum absolute atomic E-state index is 11.2. The predicted octanol–water partition coefficient (Wildman–Crippen LogP) is 0.236. The quantitative estimate of drug-likeness (QED) is 0.726. The van der Waals surface area contributed by atoms with Crippen molar-refractivity contribution in [3.8, 4) is 0 Å². The van der Waals surface area contributed by atoms with Gasteiger partial charge >= 0.3 is 5.97 Å². The molecule has 2 rings (SSSR count). The van der Waals surface area contributed by atoms with E-state index in [9.17, 15) is 9.59 Å². The van der Waals surface area contributed by atoms with Crippen molar-refractivity contribution >= 4 is 22.9 Å². The van der Waals surface area contributed by atoms with Gasteiger partial charge in [-0.05, 0) is 12.1 Å². The number of fused-ring (bicyclic) bond motifs is 1. The molecule has 7 heteroatoms. The van der Waals surface area contributed by atoms with Crippen LogP contribution < -0.4 is 5.73 Å². The molecule has 1 amide bonds. The summed E-state index contributed by atoms with van der Waals surface area (Å²) in [6, 6.07) is 4.91. The van der Waals surface area contributed by atoms with Crippen LogP contribution in [-0.4, -0.2) is 39.7 Å². The zero-order valence-corrected chi connectivity index (χ0v) is 10.1. The number of primary amides is 1. The first kappa shape index (κ1) is 13.0. The lowest BCUT2D eigenvalue weighted by molar-refractivity contribution is -0.122. The van der Waals surface area contributed by atoms with E-state index in [-0.39, 0.29) is 18.8 Å². The van der Waals surface area contributed by atoms with Gasteiger partial charge in [0.15, 0.2) is 0 Å². The topological polar surface area (TPSA) is 107 Å². The summed E-state index contributed by atoms with van der Waals surface area (Å²) in [4.78, 5) is 25.8. The molecule has 19 heavy (non-hydrogen) atoms. The zero-order valence-electron chi connectivity index (χ0n) is 10.1. The lowest BCUT2D eigenvalue weighted by Crippen LogP contribution is -2.19. The van der Waals surface area contributed by atoms with Gasteiger partial charge in [0.25, 0.3) is 0 Å². The number of carboxylic acids is 1. The van der Waals surface area contributed by atoms with Crippen molar-refractivity contribution < 1.29 is 19.4 Å². The molecule has 0 saturated heterocycles. The summed E-state index contributed by atoms with van der Waals surface area (Å²) >= 11 is 0. The summed E-state index contributed by atoms with van der Waals surface area (Å²) in [6.45, 7) is 0.495. The fourth-order valence-electron chi connectivity index (χ4n) is 1.80. The summed E-state index contributed by atoms with van der Waals surface area (Å²) in [7, 11) is 0. The van der Waals surface area contributed by atoms with Gasteiger partial charge in [-0.15, -0.1) is 0 Å². The molecule has 0 atom stereocenters. The maximum Gasteiger partial charge on any atom is 0.337 e. The van der Waals surface area contributed by atoms with Crippen LogP contribution in [0.1, 0.15) is 10.4 Å². The van der Waals surface area contributed by atoms with Crippen LogP contribution in [0.2, 0.25) is 0 Å². The number of imidazole rings is 1. The fraction of sp³-hybridized carbons (Fsp3) is 0.250. The minimum absolute atomic E-state index is 0.154. The normalized spacial score (nSPS) is 10.7. The van der Waals surface area contributed by atoms with Gasteiger partial charge in [0, 0.05) is 6.54 Å². The highest BCUT2D eigenvalue weighted by Crippen LogP contribution is 2.17. The molecule has 0 aliphatic carbocycles. The molecule has 7 nitrogen and oxygen atoms in total. The van der Waals surface area contributed by atoms with Crippen LogP contribution in [0.3, 0.4) is 0 Å². The summed E-state index contributed by atoms with van der Waals surface area (Å²) in [6.07, 6.45) is 1.55. The Morgan fingerprint density at radius 2 is 2.21 bits per heavy atom. The second-order valence-corrected chi connectivity index (χ2v) is 3.94. The van der Waals surface area contributed by atoms with Crippen molar-refractivity contribution in [2.75, 3.05) is 13.2 Å². The summed E-state index contributed by atoms with van der Waals surface area (Å²) in [5.74, 6) is -1.55. The van der Waals surface area contributed by atoms with Gasteiger partial charge in [0.05, 0.1) is 29.5 Å². The Kier molecular flexibility index (Phi) is 3.76. The second-order valence-electron chi connectivity index (χ2n) is 3.94. The Morgan fingerprint density at radius 1 is 1.42 bits per heavy atom. The van der Waals surface area contributed by atoms with Gasteiger partial charge in [-0.2, -0.15) is 0 Å². The van der Waals surface area contributed by atoms with Crippen molar-refractivity contribution in [2.45, 2.75) is 6.54 Å². The summed E-state index contributed by atoms with van der Waals surface area (Å²) < 4.78 is 6.73. The molecule has 1 aromatic carbocycles. The third-order valence-corrected chi connectivity index (χ3v) is 2.59. The van der Waals surface area contributed by atoms with Crippen LogP contribution >= 0.6 is 0 Å². The van der Waals surface area contributed by atoms with Crippen molar-refractivity contribution in [3.63, 3.8) is 0 Å². The van der Waals surface area contributed by atoms with E-state index >= 15 is 0 Å². The molecule has 0 fully saturated rings. The molecule has 0 spiro atoms. The molecule has 1 heterocycles. The van der Waals surface area contributed by atoms with Crippen molar-refractivity contribution in [1.29, 1.82) is 0 Å². The fourth-order valence-corrected chi connectivity index (χ4v) is 1.80. The van der Waals surface area contributed by atoms with E-state index in [1.807, 2.05) is 0 Å². The molecule has 0 unspecified atom stereocenters. The van der Waals surface area contributed by atoms with E-state index in [0.29, 0.717) is 17.6 Å². The number of hydrogen-bond acceptors (Lipinski definition) is 4. The van der Waals surface area contributed by atoms with Gasteiger partial charge in [-0.25, -0.2) is 9.78 Å². The molecular formula is C12H13N3O4. The van der Waals surface area contributed by atoms with E-state index in [2.05, 4.69) is 4.98 Å². The highest BCUT2D eigenvalue weighted by Gasteiger charge is 2.12. The molecule has 100 valence electrons. The minimum atomic E-state index is -1.01. The van der Waals surface area contributed by atoms with Crippen molar-refractivity contribution in [3.05, 3.63) is 30.1 Å². The standard InChI is InChI=1S/C12H13N3O4/c13-10(16)6-19-5-4-15-7-14-9-3-1-2-8(11(9)15)12(17)18/h1-3,7H,4-6H2,(H2,13,16)(H,17,18). The van der Waals surface area contributed by atoms with E-state index in [0.717, 1.165) is 0 Å². The average Bonchev–Trinajstić information content (AvgIpc) is 2.77. The number of carbonyl (C=O) groups excluding carboxylic acids is 1. The lowest BCUT2D eigenvalue weighted by Gasteiger charge is -2.06. The summed E-state index contributed by atoms with van der Waals surface area (Å²) in [5.41, 5.74) is 6.28. The Morgan fingerprint density at radius 3 is 2.89 bits per heavy atom. The van der Waals surface area contributed by atoms with Crippen LogP contribution in [0.5, 0.6) is 0 Å². The number of benzene rings is 1. The highest BCUT2D eigenvalue weighted by atomic mass is 16.5. The SMILES string of the molecule is NC(=O)COCCn1cnc2cccc(C(=O)O)c21. The molecule has 3 N–H and O–H groups in total. The third-order valence-electron chi connectivity index (χ3n) is 2.59. The first-order chi connectivity index (χ1) is 9.09. The smallest absolute Gasteiger partial charge is 0.337 e. The summed E-state index contributed by atoms with van der Waals surface area (Å²) in [5, 5.41) is 9.14.